The zero-order valence-corrected chi connectivity index (χ0v) is 20.8. The van der Waals surface area contributed by atoms with Crippen LogP contribution in [-0.4, -0.2) is 18.5 Å². The van der Waals surface area contributed by atoms with Gasteiger partial charge < -0.3 is 9.47 Å². The van der Waals surface area contributed by atoms with Crippen LogP contribution in [0, 0.1) is 52.3 Å². The molecule has 0 N–H and O–H groups in total. The van der Waals surface area contributed by atoms with E-state index in [1.54, 1.807) is 0 Å². The standard InChI is InChI=1S/C29H46O2/c1-6-20-10-12-27(4)21(15-20)7-8-22-23(27)11-13-28(5)24(22)16-25-26(28)19(3)29(31-25)14-9-18(2)17-30-29/h7,18-20,22-26H,6,8-17H2,1-5H3/t18?,19-,20-,22+,23-,24-,25-,26-,27-,28-,29+/m0/s1. The number of fused-ring (bicyclic) bond motifs is 7. The van der Waals surface area contributed by atoms with Crippen molar-refractivity contribution in [3.63, 3.8) is 0 Å². The van der Waals surface area contributed by atoms with Crippen molar-refractivity contribution in [1.82, 2.24) is 0 Å². The monoisotopic (exact) mass is 426 g/mol. The SMILES string of the molecule is CC[C@H]1CC[C@@]2(C)C(=CC[C@H]3[C@@H]4C[C@@H]5O[C@]6(CCC(C)CO6)[C@@H](C)[C@@H]5[C@@]4(C)CC[C@@H]32)C1. The van der Waals surface area contributed by atoms with Gasteiger partial charge in [0, 0.05) is 12.3 Å². The zero-order chi connectivity index (χ0) is 21.6. The molecule has 2 heteroatoms. The Morgan fingerprint density at radius 2 is 1.87 bits per heavy atom. The topological polar surface area (TPSA) is 18.5 Å². The van der Waals surface area contributed by atoms with Crippen molar-refractivity contribution >= 4 is 0 Å². The molecule has 2 heterocycles. The molecule has 2 saturated heterocycles. The summed E-state index contributed by atoms with van der Waals surface area (Å²) in [6.45, 7) is 13.4. The largest absolute Gasteiger partial charge is 0.349 e. The second kappa shape index (κ2) is 7.08. The van der Waals surface area contributed by atoms with Crippen LogP contribution >= 0.6 is 0 Å². The van der Waals surface area contributed by atoms with Crippen LogP contribution in [0.3, 0.4) is 0 Å². The van der Waals surface area contributed by atoms with Crippen LogP contribution in [0.5, 0.6) is 0 Å². The summed E-state index contributed by atoms with van der Waals surface area (Å²) in [6, 6.07) is 0. The van der Waals surface area contributed by atoms with E-state index in [9.17, 15) is 0 Å². The molecule has 174 valence electrons. The maximum Gasteiger partial charge on any atom is 0.171 e. The van der Waals surface area contributed by atoms with Gasteiger partial charge in [-0.3, -0.25) is 0 Å². The Bertz CT molecular complexity index is 748. The van der Waals surface area contributed by atoms with E-state index in [4.69, 9.17) is 9.47 Å². The van der Waals surface area contributed by atoms with Crippen LogP contribution < -0.4 is 0 Å². The van der Waals surface area contributed by atoms with Crippen LogP contribution in [0.4, 0.5) is 0 Å². The third kappa shape index (κ3) is 2.82. The fourth-order valence-electron chi connectivity index (χ4n) is 10.1. The molecule has 0 aromatic rings. The summed E-state index contributed by atoms with van der Waals surface area (Å²) in [4.78, 5) is 0. The second-order valence-electron chi connectivity index (χ2n) is 13.3. The molecule has 3 saturated carbocycles. The van der Waals surface area contributed by atoms with Crippen molar-refractivity contribution in [1.29, 1.82) is 0 Å². The molecule has 0 amide bonds. The zero-order valence-electron chi connectivity index (χ0n) is 20.8. The van der Waals surface area contributed by atoms with Gasteiger partial charge in [-0.25, -0.2) is 0 Å². The van der Waals surface area contributed by atoms with Gasteiger partial charge in [0.05, 0.1) is 12.7 Å². The van der Waals surface area contributed by atoms with E-state index in [1.807, 2.05) is 5.57 Å². The van der Waals surface area contributed by atoms with Crippen LogP contribution in [-0.2, 0) is 9.47 Å². The van der Waals surface area contributed by atoms with E-state index < -0.39 is 0 Å². The predicted octanol–water partition coefficient (Wildman–Crippen LogP) is 7.38. The molecule has 4 aliphatic carbocycles. The molecule has 2 aliphatic heterocycles. The Labute approximate surface area is 190 Å². The minimum Gasteiger partial charge on any atom is -0.349 e. The first-order chi connectivity index (χ1) is 14.8. The molecule has 0 aromatic carbocycles. The summed E-state index contributed by atoms with van der Waals surface area (Å²) in [6.07, 6.45) is 16.7. The Hall–Kier alpha value is -0.340. The quantitative estimate of drug-likeness (QED) is 0.407. The van der Waals surface area contributed by atoms with Gasteiger partial charge in [-0.2, -0.15) is 0 Å². The molecule has 5 fully saturated rings. The summed E-state index contributed by atoms with van der Waals surface area (Å²) >= 11 is 0. The third-order valence-corrected chi connectivity index (χ3v) is 12.1. The minimum atomic E-state index is -0.267. The highest BCUT2D eigenvalue weighted by Crippen LogP contribution is 2.70. The van der Waals surface area contributed by atoms with Gasteiger partial charge in [0.1, 0.15) is 0 Å². The third-order valence-electron chi connectivity index (χ3n) is 12.1. The van der Waals surface area contributed by atoms with Crippen LogP contribution in [0.15, 0.2) is 11.6 Å². The summed E-state index contributed by atoms with van der Waals surface area (Å²) < 4.78 is 13.4. The van der Waals surface area contributed by atoms with Gasteiger partial charge >= 0.3 is 0 Å². The van der Waals surface area contributed by atoms with Crippen molar-refractivity contribution in [3.05, 3.63) is 11.6 Å². The van der Waals surface area contributed by atoms with Gasteiger partial charge in [0.25, 0.3) is 0 Å². The smallest absolute Gasteiger partial charge is 0.171 e. The van der Waals surface area contributed by atoms with E-state index in [0.29, 0.717) is 34.7 Å². The first-order valence-electron chi connectivity index (χ1n) is 13.8. The second-order valence-corrected chi connectivity index (χ2v) is 13.3. The molecule has 6 aliphatic rings. The average Bonchev–Trinajstić information content (AvgIpc) is 3.20. The van der Waals surface area contributed by atoms with Crippen molar-refractivity contribution < 1.29 is 9.47 Å². The summed E-state index contributed by atoms with van der Waals surface area (Å²) in [7, 11) is 0. The first kappa shape index (κ1) is 21.2. The normalized spacial score (nSPS) is 58.3. The fraction of sp³-hybridized carbons (Fsp3) is 0.931. The van der Waals surface area contributed by atoms with E-state index >= 15 is 0 Å². The molecule has 11 atom stereocenters. The van der Waals surface area contributed by atoms with Gasteiger partial charge in [-0.1, -0.05) is 52.7 Å². The van der Waals surface area contributed by atoms with E-state index in [0.717, 1.165) is 36.7 Å². The highest BCUT2D eigenvalue weighted by Gasteiger charge is 2.68. The molecule has 6 rings (SSSR count). The Balaban J connectivity index is 1.27. The molecule has 1 spiro atoms. The van der Waals surface area contributed by atoms with E-state index in [2.05, 4.69) is 40.7 Å². The molecule has 0 bridgehead atoms. The summed E-state index contributed by atoms with van der Waals surface area (Å²) in [5.41, 5.74) is 2.79. The number of hydrogen-bond donors (Lipinski definition) is 0. The van der Waals surface area contributed by atoms with Gasteiger partial charge in [-0.15, -0.1) is 0 Å². The predicted molar refractivity (Wildman–Crippen MR) is 125 cm³/mol. The van der Waals surface area contributed by atoms with E-state index in [1.165, 1.54) is 57.8 Å². The maximum atomic E-state index is 6.93. The maximum absolute atomic E-state index is 6.93. The first-order valence-corrected chi connectivity index (χ1v) is 13.8. The molecular weight excluding hydrogens is 380 g/mol. The average molecular weight is 427 g/mol. The molecule has 2 nitrogen and oxygen atoms in total. The van der Waals surface area contributed by atoms with Crippen molar-refractivity contribution in [2.45, 2.75) is 111 Å². The lowest BCUT2D eigenvalue weighted by Gasteiger charge is -2.58. The Kier molecular flexibility index (Phi) is 4.84. The number of ether oxygens (including phenoxy) is 2. The van der Waals surface area contributed by atoms with Gasteiger partial charge in [-0.05, 0) is 97.7 Å². The van der Waals surface area contributed by atoms with Crippen molar-refractivity contribution in [2.24, 2.45) is 52.3 Å². The van der Waals surface area contributed by atoms with Crippen molar-refractivity contribution in [3.8, 4) is 0 Å². The number of allylic oxidation sites excluding steroid dienone is 2. The summed E-state index contributed by atoms with van der Waals surface area (Å²) in [5, 5.41) is 0. The fourth-order valence-corrected chi connectivity index (χ4v) is 10.1. The Morgan fingerprint density at radius 3 is 2.61 bits per heavy atom. The number of hydrogen-bond acceptors (Lipinski definition) is 2. The highest BCUT2D eigenvalue weighted by atomic mass is 16.7. The highest BCUT2D eigenvalue weighted by molar-refractivity contribution is 5.26. The molecular formula is C29H46O2. The molecule has 31 heavy (non-hydrogen) atoms. The van der Waals surface area contributed by atoms with Crippen molar-refractivity contribution in [2.75, 3.05) is 6.61 Å². The van der Waals surface area contributed by atoms with Crippen LogP contribution in [0.1, 0.15) is 98.8 Å². The van der Waals surface area contributed by atoms with Gasteiger partial charge in [0.2, 0.25) is 0 Å². The van der Waals surface area contributed by atoms with Gasteiger partial charge in [0.15, 0.2) is 5.79 Å². The molecule has 0 radical (unpaired) electrons. The number of rotatable bonds is 1. The summed E-state index contributed by atoms with van der Waals surface area (Å²) in [5.74, 6) is 5.25. The Morgan fingerprint density at radius 1 is 1.03 bits per heavy atom. The lowest BCUT2D eigenvalue weighted by molar-refractivity contribution is -0.272. The lowest BCUT2D eigenvalue weighted by atomic mass is 9.46. The van der Waals surface area contributed by atoms with Crippen LogP contribution in [0.25, 0.3) is 0 Å². The lowest BCUT2D eigenvalue weighted by Crippen LogP contribution is -2.52. The minimum absolute atomic E-state index is 0.267. The molecule has 1 unspecified atom stereocenters. The van der Waals surface area contributed by atoms with Crippen LogP contribution in [0.2, 0.25) is 0 Å². The van der Waals surface area contributed by atoms with E-state index in [-0.39, 0.29) is 5.79 Å². The molecule has 0 aromatic heterocycles.